The molecule has 1 aliphatic rings. The maximum Gasteiger partial charge on any atom is -0.00513 e. The summed E-state index contributed by atoms with van der Waals surface area (Å²) in [4.78, 5) is 0. The fraction of sp³-hybridized carbons (Fsp3) is 0.286. The average Bonchev–Trinajstić information content (AvgIpc) is 2.19. The molecule has 1 rings (SSSR count). The summed E-state index contributed by atoms with van der Waals surface area (Å²) in [7, 11) is 0. The Balaban J connectivity index is 2.48. The van der Waals surface area contributed by atoms with Gasteiger partial charge in [-0.15, -0.1) is 5.73 Å². The molecule has 0 aromatic carbocycles. The second kappa shape index (κ2) is 2.81. The molecule has 0 radical (unpaired) electrons. The van der Waals surface area contributed by atoms with Gasteiger partial charge in [-0.2, -0.15) is 12.6 Å². The Labute approximate surface area is 55.0 Å². The normalized spacial score (nSPS) is 14.9. The minimum Gasteiger partial charge on any atom is -0.179 e. The van der Waals surface area contributed by atoms with Gasteiger partial charge < -0.3 is 0 Å². The van der Waals surface area contributed by atoms with Gasteiger partial charge in [-0.25, -0.2) is 0 Å². The standard InChI is InChI=1S/C7H8S/c8-6-5-7-3-1-2-4-7/h1-3,8H,5-6H2. The molecule has 0 unspecified atom stereocenters. The first-order chi connectivity index (χ1) is 3.93. The van der Waals surface area contributed by atoms with Gasteiger partial charge in [-0.3, -0.25) is 0 Å². The zero-order valence-corrected chi connectivity index (χ0v) is 5.49. The van der Waals surface area contributed by atoms with Crippen molar-refractivity contribution >= 4 is 12.6 Å². The van der Waals surface area contributed by atoms with Crippen LogP contribution in [0.15, 0.2) is 29.5 Å². The zero-order valence-electron chi connectivity index (χ0n) is 4.59. The summed E-state index contributed by atoms with van der Waals surface area (Å²) in [5, 5.41) is 0. The molecule has 0 nitrogen and oxygen atoms in total. The third-order valence-corrected chi connectivity index (χ3v) is 1.27. The van der Waals surface area contributed by atoms with E-state index in [1.54, 1.807) is 0 Å². The van der Waals surface area contributed by atoms with Crippen LogP contribution < -0.4 is 0 Å². The van der Waals surface area contributed by atoms with E-state index in [1.807, 2.05) is 12.2 Å². The van der Waals surface area contributed by atoms with Crippen LogP contribution in [-0.2, 0) is 0 Å². The van der Waals surface area contributed by atoms with Crippen molar-refractivity contribution in [2.75, 3.05) is 5.75 Å². The molecule has 0 aromatic rings. The van der Waals surface area contributed by atoms with Crippen molar-refractivity contribution in [3.8, 4) is 0 Å². The molecule has 0 aromatic heterocycles. The van der Waals surface area contributed by atoms with E-state index in [9.17, 15) is 0 Å². The number of thiol groups is 1. The fourth-order valence-electron chi connectivity index (χ4n) is 0.643. The van der Waals surface area contributed by atoms with Crippen LogP contribution >= 0.6 is 12.6 Å². The summed E-state index contributed by atoms with van der Waals surface area (Å²) in [6, 6.07) is 0. The summed E-state index contributed by atoms with van der Waals surface area (Å²) < 4.78 is 0. The predicted octanol–water partition coefficient (Wildman–Crippen LogP) is 1.96. The Morgan fingerprint density at radius 2 is 2.50 bits per heavy atom. The van der Waals surface area contributed by atoms with Crippen LogP contribution in [0.25, 0.3) is 0 Å². The molecule has 0 saturated carbocycles. The summed E-state index contributed by atoms with van der Waals surface area (Å²) >= 11 is 4.09. The first kappa shape index (κ1) is 5.74. The van der Waals surface area contributed by atoms with Gasteiger partial charge >= 0.3 is 0 Å². The number of hydrogen-bond acceptors (Lipinski definition) is 1. The van der Waals surface area contributed by atoms with Crippen molar-refractivity contribution < 1.29 is 0 Å². The maximum atomic E-state index is 4.09. The van der Waals surface area contributed by atoms with Gasteiger partial charge in [0, 0.05) is 0 Å². The third kappa shape index (κ3) is 1.29. The Morgan fingerprint density at radius 3 is 3.00 bits per heavy atom. The van der Waals surface area contributed by atoms with Crippen LogP contribution in [-0.4, -0.2) is 5.75 Å². The van der Waals surface area contributed by atoms with Crippen LogP contribution in [0.5, 0.6) is 0 Å². The van der Waals surface area contributed by atoms with Gasteiger partial charge in [0.15, 0.2) is 0 Å². The molecular weight excluding hydrogens is 116 g/mol. The molecule has 0 bridgehead atoms. The van der Waals surface area contributed by atoms with Crippen LogP contribution in [0.1, 0.15) is 6.42 Å². The van der Waals surface area contributed by atoms with Crippen molar-refractivity contribution in [3.05, 3.63) is 29.5 Å². The molecule has 0 amide bonds. The van der Waals surface area contributed by atoms with Crippen molar-refractivity contribution in [1.82, 2.24) is 0 Å². The van der Waals surface area contributed by atoms with Crippen molar-refractivity contribution in [2.24, 2.45) is 0 Å². The summed E-state index contributed by atoms with van der Waals surface area (Å²) in [5.41, 5.74) is 4.35. The molecule has 0 spiro atoms. The molecule has 8 heavy (non-hydrogen) atoms. The highest BCUT2D eigenvalue weighted by molar-refractivity contribution is 7.80. The Kier molecular flexibility index (Phi) is 2.01. The Bertz CT molecular complexity index is 159. The number of rotatable bonds is 2. The molecule has 42 valence electrons. The zero-order chi connectivity index (χ0) is 5.82. The van der Waals surface area contributed by atoms with E-state index in [2.05, 4.69) is 24.4 Å². The smallest absolute Gasteiger partial charge is 0.00513 e. The quantitative estimate of drug-likeness (QED) is 0.422. The van der Waals surface area contributed by atoms with E-state index in [1.165, 1.54) is 5.57 Å². The lowest BCUT2D eigenvalue weighted by Crippen LogP contribution is -1.74. The van der Waals surface area contributed by atoms with E-state index < -0.39 is 0 Å². The highest BCUT2D eigenvalue weighted by Crippen LogP contribution is 2.06. The molecule has 0 heterocycles. The van der Waals surface area contributed by atoms with Crippen LogP contribution in [0, 0.1) is 0 Å². The highest BCUT2D eigenvalue weighted by Gasteiger charge is 1.89. The van der Waals surface area contributed by atoms with E-state index in [-0.39, 0.29) is 0 Å². The van der Waals surface area contributed by atoms with Gasteiger partial charge in [-0.1, -0.05) is 12.2 Å². The molecular formula is C7H8S. The van der Waals surface area contributed by atoms with Gasteiger partial charge in [0.1, 0.15) is 0 Å². The average molecular weight is 124 g/mol. The fourth-order valence-corrected chi connectivity index (χ4v) is 0.884. The lowest BCUT2D eigenvalue weighted by Gasteiger charge is -1.87. The molecule has 0 fully saturated rings. The first-order valence-corrected chi connectivity index (χ1v) is 3.30. The van der Waals surface area contributed by atoms with E-state index >= 15 is 0 Å². The largest absolute Gasteiger partial charge is 0.179 e. The number of hydrogen-bond donors (Lipinski definition) is 1. The van der Waals surface area contributed by atoms with Gasteiger partial charge in [0.25, 0.3) is 0 Å². The van der Waals surface area contributed by atoms with Crippen LogP contribution in [0.4, 0.5) is 0 Å². The molecule has 1 aliphatic carbocycles. The summed E-state index contributed by atoms with van der Waals surface area (Å²) in [6.45, 7) is 0. The van der Waals surface area contributed by atoms with E-state index in [4.69, 9.17) is 0 Å². The third-order valence-electron chi connectivity index (χ3n) is 1.04. The van der Waals surface area contributed by atoms with Crippen molar-refractivity contribution in [1.29, 1.82) is 0 Å². The van der Waals surface area contributed by atoms with E-state index in [0.29, 0.717) is 0 Å². The molecule has 0 saturated heterocycles. The maximum absolute atomic E-state index is 4.09. The molecule has 0 N–H and O–H groups in total. The SMILES string of the molecule is SCCC1=C=CC=C1. The second-order valence-electron chi connectivity index (χ2n) is 1.67. The van der Waals surface area contributed by atoms with Gasteiger partial charge in [-0.05, 0) is 23.8 Å². The Hall–Kier alpha value is -0.390. The summed E-state index contributed by atoms with van der Waals surface area (Å²) in [6.07, 6.45) is 7.03. The minimum atomic E-state index is 0.917. The molecule has 1 heteroatoms. The lowest BCUT2D eigenvalue weighted by atomic mass is 10.2. The van der Waals surface area contributed by atoms with Gasteiger partial charge in [0.05, 0.1) is 0 Å². The summed E-state index contributed by atoms with van der Waals surface area (Å²) in [5.74, 6) is 0.917. The second-order valence-corrected chi connectivity index (χ2v) is 2.12. The molecule has 0 atom stereocenters. The Morgan fingerprint density at radius 1 is 1.62 bits per heavy atom. The van der Waals surface area contributed by atoms with Gasteiger partial charge in [0.2, 0.25) is 0 Å². The van der Waals surface area contributed by atoms with Crippen LogP contribution in [0.3, 0.4) is 0 Å². The van der Waals surface area contributed by atoms with E-state index in [0.717, 1.165) is 12.2 Å². The monoisotopic (exact) mass is 124 g/mol. The first-order valence-electron chi connectivity index (χ1n) is 2.66. The topological polar surface area (TPSA) is 0 Å². The number of allylic oxidation sites excluding steroid dienone is 3. The van der Waals surface area contributed by atoms with Crippen molar-refractivity contribution in [2.45, 2.75) is 6.42 Å². The molecule has 0 aliphatic heterocycles. The van der Waals surface area contributed by atoms with Crippen molar-refractivity contribution in [3.63, 3.8) is 0 Å². The van der Waals surface area contributed by atoms with Crippen LogP contribution in [0.2, 0.25) is 0 Å². The minimum absolute atomic E-state index is 0.917. The highest BCUT2D eigenvalue weighted by atomic mass is 32.1. The lowest BCUT2D eigenvalue weighted by molar-refractivity contribution is 1.19. The predicted molar refractivity (Wildman–Crippen MR) is 39.2 cm³/mol.